The highest BCUT2D eigenvalue weighted by Crippen LogP contribution is 2.19. The molecule has 0 heterocycles. The quantitative estimate of drug-likeness (QED) is 0.616. The summed E-state index contributed by atoms with van der Waals surface area (Å²) in [6.07, 6.45) is 0. The molecule has 0 aliphatic heterocycles. The minimum absolute atomic E-state index is 0.00831. The molecule has 3 N–H and O–H groups in total. The van der Waals surface area contributed by atoms with Crippen molar-refractivity contribution < 1.29 is 18.7 Å². The highest BCUT2D eigenvalue weighted by atomic mass is 35.5. The predicted octanol–water partition coefficient (Wildman–Crippen LogP) is 2.91. The fraction of sp³-hybridized carbons (Fsp3) is 0.222. The second-order valence-electron chi connectivity index (χ2n) is 5.36. The summed E-state index contributed by atoms with van der Waals surface area (Å²) in [6.45, 7) is 0.886. The zero-order valence-electron chi connectivity index (χ0n) is 14.1. The van der Waals surface area contributed by atoms with Gasteiger partial charge in [-0.05, 0) is 42.5 Å². The van der Waals surface area contributed by atoms with Gasteiger partial charge in [-0.3, -0.25) is 9.59 Å². The highest BCUT2D eigenvalue weighted by Gasteiger charge is 2.07. The van der Waals surface area contributed by atoms with Crippen molar-refractivity contribution in [3.8, 4) is 0 Å². The number of rotatable bonds is 8. The van der Waals surface area contributed by atoms with Crippen molar-refractivity contribution in [3.05, 3.63) is 58.9 Å². The lowest BCUT2D eigenvalue weighted by Gasteiger charge is -2.09. The molecule has 8 heteroatoms. The summed E-state index contributed by atoms with van der Waals surface area (Å²) in [5.74, 6) is -1.05. The summed E-state index contributed by atoms with van der Waals surface area (Å²) in [6, 6.07) is 10.7. The Bertz CT molecular complexity index is 769. The first kappa shape index (κ1) is 19.7. The first-order chi connectivity index (χ1) is 12.5. The van der Waals surface area contributed by atoms with Crippen LogP contribution in [0.15, 0.2) is 42.5 Å². The maximum Gasteiger partial charge on any atom is 0.251 e. The molecule has 0 radical (unpaired) electrons. The molecule has 138 valence electrons. The smallest absolute Gasteiger partial charge is 0.251 e. The zero-order chi connectivity index (χ0) is 18.9. The molecule has 0 bridgehead atoms. The second kappa shape index (κ2) is 9.74. The number of carbonyl (C=O) groups excluding carboxylic acids is 2. The minimum atomic E-state index is -0.547. The van der Waals surface area contributed by atoms with Gasteiger partial charge in [-0.2, -0.15) is 0 Å². The van der Waals surface area contributed by atoms with Crippen molar-refractivity contribution in [3.63, 3.8) is 0 Å². The number of amides is 2. The SMILES string of the molecule is COCCNC(=O)c1ccc(NCC(=O)Nc2ccc(F)c(Cl)c2)cc1. The third-order valence-corrected chi connectivity index (χ3v) is 3.68. The van der Waals surface area contributed by atoms with E-state index in [1.165, 1.54) is 18.2 Å². The van der Waals surface area contributed by atoms with Crippen molar-refractivity contribution >= 4 is 34.8 Å². The largest absolute Gasteiger partial charge is 0.383 e. The van der Waals surface area contributed by atoms with Crippen LogP contribution in [0, 0.1) is 5.82 Å². The molecule has 26 heavy (non-hydrogen) atoms. The van der Waals surface area contributed by atoms with Crippen LogP contribution in [0.4, 0.5) is 15.8 Å². The summed E-state index contributed by atoms with van der Waals surface area (Å²) in [5, 5.41) is 8.21. The molecule has 6 nitrogen and oxygen atoms in total. The van der Waals surface area contributed by atoms with E-state index in [2.05, 4.69) is 16.0 Å². The monoisotopic (exact) mass is 379 g/mol. The summed E-state index contributed by atoms with van der Waals surface area (Å²) >= 11 is 5.67. The average molecular weight is 380 g/mol. The lowest BCUT2D eigenvalue weighted by atomic mass is 10.2. The van der Waals surface area contributed by atoms with Crippen LogP contribution in [0.1, 0.15) is 10.4 Å². The number of benzene rings is 2. The molecule has 2 amide bonds. The summed E-state index contributed by atoms with van der Waals surface area (Å²) in [7, 11) is 1.56. The Morgan fingerprint density at radius 3 is 2.46 bits per heavy atom. The number of carbonyl (C=O) groups is 2. The van der Waals surface area contributed by atoms with Crippen LogP contribution in [0.25, 0.3) is 0 Å². The molecule has 0 fully saturated rings. The van der Waals surface area contributed by atoms with Crippen molar-refractivity contribution in [2.24, 2.45) is 0 Å². The summed E-state index contributed by atoms with van der Waals surface area (Å²) in [5.41, 5.74) is 1.61. The van der Waals surface area contributed by atoms with Crippen LogP contribution < -0.4 is 16.0 Å². The normalized spacial score (nSPS) is 10.3. The van der Waals surface area contributed by atoms with Gasteiger partial charge in [0.05, 0.1) is 18.2 Å². The van der Waals surface area contributed by atoms with Crippen LogP contribution in [0.5, 0.6) is 0 Å². The Hall–Kier alpha value is -2.64. The van der Waals surface area contributed by atoms with Gasteiger partial charge >= 0.3 is 0 Å². The van der Waals surface area contributed by atoms with Crippen LogP contribution in [0.3, 0.4) is 0 Å². The number of nitrogens with one attached hydrogen (secondary N) is 3. The Labute approximate surface area is 155 Å². The van der Waals surface area contributed by atoms with Crippen LogP contribution in [-0.2, 0) is 9.53 Å². The van der Waals surface area contributed by atoms with E-state index in [0.717, 1.165) is 0 Å². The van der Waals surface area contributed by atoms with E-state index >= 15 is 0 Å². The summed E-state index contributed by atoms with van der Waals surface area (Å²) < 4.78 is 18.0. The Kier molecular flexibility index (Phi) is 7.37. The summed E-state index contributed by atoms with van der Waals surface area (Å²) in [4.78, 5) is 23.8. The van der Waals surface area contributed by atoms with Gasteiger partial charge in [-0.25, -0.2) is 4.39 Å². The van der Waals surface area contributed by atoms with Crippen molar-refractivity contribution in [1.29, 1.82) is 0 Å². The number of hydrogen-bond acceptors (Lipinski definition) is 4. The molecule has 0 atom stereocenters. The maximum atomic E-state index is 13.1. The standard InChI is InChI=1S/C18H19ClFN3O3/c1-26-9-8-21-18(25)12-2-4-13(5-3-12)22-11-17(24)23-14-6-7-16(20)15(19)10-14/h2-7,10,22H,8-9,11H2,1H3,(H,21,25)(H,23,24). The Balaban J connectivity index is 1.82. The second-order valence-corrected chi connectivity index (χ2v) is 5.76. The first-order valence-corrected chi connectivity index (χ1v) is 8.23. The van der Waals surface area contributed by atoms with E-state index in [1.54, 1.807) is 31.4 Å². The third kappa shape index (κ3) is 6.02. The molecule has 0 unspecified atom stereocenters. The molecule has 0 aromatic heterocycles. The molecule has 2 aromatic rings. The lowest BCUT2D eigenvalue weighted by molar-refractivity contribution is -0.114. The first-order valence-electron chi connectivity index (χ1n) is 7.85. The van der Waals surface area contributed by atoms with Crippen LogP contribution in [0.2, 0.25) is 5.02 Å². The molecule has 0 saturated heterocycles. The van der Waals surface area contributed by atoms with E-state index in [4.69, 9.17) is 16.3 Å². The zero-order valence-corrected chi connectivity index (χ0v) is 14.9. The number of halogens is 2. The third-order valence-electron chi connectivity index (χ3n) is 3.40. The fourth-order valence-electron chi connectivity index (χ4n) is 2.07. The molecule has 0 aliphatic carbocycles. The topological polar surface area (TPSA) is 79.5 Å². The van der Waals surface area contributed by atoms with E-state index in [9.17, 15) is 14.0 Å². The van der Waals surface area contributed by atoms with E-state index in [1.807, 2.05) is 0 Å². The van der Waals surface area contributed by atoms with Gasteiger partial charge < -0.3 is 20.7 Å². The molecular formula is C18H19ClFN3O3. The predicted molar refractivity (Wildman–Crippen MR) is 99.2 cm³/mol. The number of anilines is 2. The van der Waals surface area contributed by atoms with Gasteiger partial charge in [-0.15, -0.1) is 0 Å². The van der Waals surface area contributed by atoms with Crippen LogP contribution >= 0.6 is 11.6 Å². The molecule has 2 aromatic carbocycles. The van der Waals surface area contributed by atoms with Gasteiger partial charge in [0, 0.05) is 30.6 Å². The van der Waals surface area contributed by atoms with Gasteiger partial charge in [0.25, 0.3) is 5.91 Å². The van der Waals surface area contributed by atoms with E-state index in [0.29, 0.717) is 30.1 Å². The van der Waals surface area contributed by atoms with E-state index < -0.39 is 5.82 Å². The number of methoxy groups -OCH3 is 1. The van der Waals surface area contributed by atoms with Crippen LogP contribution in [-0.4, -0.2) is 38.6 Å². The van der Waals surface area contributed by atoms with Gasteiger partial charge in [-0.1, -0.05) is 11.6 Å². The van der Waals surface area contributed by atoms with Crippen molar-refractivity contribution in [1.82, 2.24) is 5.32 Å². The van der Waals surface area contributed by atoms with E-state index in [-0.39, 0.29) is 23.4 Å². The molecule has 0 spiro atoms. The van der Waals surface area contributed by atoms with Crippen molar-refractivity contribution in [2.75, 3.05) is 37.4 Å². The van der Waals surface area contributed by atoms with Gasteiger partial charge in [0.2, 0.25) is 5.91 Å². The van der Waals surface area contributed by atoms with Gasteiger partial charge in [0.15, 0.2) is 0 Å². The lowest BCUT2D eigenvalue weighted by Crippen LogP contribution is -2.26. The number of hydrogen-bond donors (Lipinski definition) is 3. The number of ether oxygens (including phenoxy) is 1. The maximum absolute atomic E-state index is 13.1. The molecule has 2 rings (SSSR count). The highest BCUT2D eigenvalue weighted by molar-refractivity contribution is 6.31. The Morgan fingerprint density at radius 1 is 1.12 bits per heavy atom. The Morgan fingerprint density at radius 2 is 1.81 bits per heavy atom. The molecule has 0 aliphatic rings. The molecular weight excluding hydrogens is 361 g/mol. The van der Waals surface area contributed by atoms with Crippen molar-refractivity contribution in [2.45, 2.75) is 0 Å². The molecule has 0 saturated carbocycles. The minimum Gasteiger partial charge on any atom is -0.383 e. The fourth-order valence-corrected chi connectivity index (χ4v) is 2.25. The van der Waals surface area contributed by atoms with Gasteiger partial charge in [0.1, 0.15) is 5.82 Å². The average Bonchev–Trinajstić information content (AvgIpc) is 2.63.